The van der Waals surface area contributed by atoms with E-state index in [1.54, 1.807) is 48.5 Å². The molecule has 3 rings (SSSR count). The van der Waals surface area contributed by atoms with Gasteiger partial charge in [0, 0.05) is 5.56 Å². The van der Waals surface area contributed by atoms with Crippen LogP contribution in [0.3, 0.4) is 0 Å². The zero-order valence-corrected chi connectivity index (χ0v) is 19.3. The molecular weight excluding hydrogens is 454 g/mol. The first-order chi connectivity index (χ1) is 16.5. The Morgan fingerprint density at radius 1 is 1.17 bits per heavy atom. The second-order valence-corrected chi connectivity index (χ2v) is 8.16. The number of hydrogen-bond acceptors (Lipinski definition) is 6. The molecule has 0 bridgehead atoms. The van der Waals surface area contributed by atoms with Gasteiger partial charge in [0.1, 0.15) is 23.7 Å². The molecule has 1 fully saturated rings. The number of aliphatic carboxylic acids is 1. The maximum Gasteiger partial charge on any atom is 0.325 e. The van der Waals surface area contributed by atoms with Gasteiger partial charge in [-0.3, -0.25) is 24.7 Å². The molecule has 0 radical (unpaired) electrons. The number of amidine groups is 1. The van der Waals surface area contributed by atoms with Gasteiger partial charge in [0.15, 0.2) is 0 Å². The molecule has 2 atom stereocenters. The van der Waals surface area contributed by atoms with Crippen LogP contribution in [0.5, 0.6) is 5.75 Å². The second kappa shape index (κ2) is 10.2. The smallest absolute Gasteiger partial charge is 0.325 e. The number of carbonyl (C=O) groups is 4. The van der Waals surface area contributed by atoms with Gasteiger partial charge in [0.2, 0.25) is 5.91 Å². The number of carboxylic acids is 1. The Balaban J connectivity index is 1.73. The van der Waals surface area contributed by atoms with Crippen molar-refractivity contribution in [2.45, 2.75) is 31.8 Å². The molecule has 11 heteroatoms. The number of nitrogens with one attached hydrogen (secondary N) is 3. The lowest BCUT2D eigenvalue weighted by Crippen LogP contribution is -2.44. The summed E-state index contributed by atoms with van der Waals surface area (Å²) in [6.45, 7) is 3.24. The second-order valence-electron chi connectivity index (χ2n) is 8.16. The first kappa shape index (κ1) is 25.2. The SMILES string of the molecule is CCOc1ccc(C(CC(=O)O)NC(=O)CN2C(=O)NC(C)(c3ccc(C(=N)N)cc3)C2=O)cc1. The fourth-order valence-electron chi connectivity index (χ4n) is 3.79. The molecule has 1 saturated heterocycles. The van der Waals surface area contributed by atoms with E-state index in [9.17, 15) is 24.3 Å². The minimum atomic E-state index is -1.41. The van der Waals surface area contributed by atoms with Crippen LogP contribution < -0.4 is 21.1 Å². The van der Waals surface area contributed by atoms with Gasteiger partial charge in [0.25, 0.3) is 5.91 Å². The predicted octanol–water partition coefficient (Wildman–Crippen LogP) is 1.47. The number of nitrogens with zero attached hydrogens (tertiary/aromatic N) is 1. The zero-order chi connectivity index (χ0) is 25.8. The number of carboxylic acid groups (broad SMARTS) is 1. The number of nitrogens with two attached hydrogens (primary N) is 1. The monoisotopic (exact) mass is 481 g/mol. The number of urea groups is 1. The van der Waals surface area contributed by atoms with E-state index in [1.807, 2.05) is 6.92 Å². The van der Waals surface area contributed by atoms with Gasteiger partial charge >= 0.3 is 12.0 Å². The predicted molar refractivity (Wildman–Crippen MR) is 126 cm³/mol. The Bertz CT molecular complexity index is 1150. The van der Waals surface area contributed by atoms with Crippen molar-refractivity contribution in [2.24, 2.45) is 5.73 Å². The summed E-state index contributed by atoms with van der Waals surface area (Å²) in [4.78, 5) is 50.6. The lowest BCUT2D eigenvalue weighted by molar-refractivity contribution is -0.138. The highest BCUT2D eigenvalue weighted by Crippen LogP contribution is 2.29. The minimum absolute atomic E-state index is 0.134. The van der Waals surface area contributed by atoms with E-state index in [-0.39, 0.29) is 12.3 Å². The topological polar surface area (TPSA) is 175 Å². The van der Waals surface area contributed by atoms with Gasteiger partial charge in [-0.05, 0) is 37.1 Å². The van der Waals surface area contributed by atoms with E-state index < -0.39 is 41.9 Å². The molecule has 2 aromatic rings. The Morgan fingerprint density at radius 2 is 1.80 bits per heavy atom. The van der Waals surface area contributed by atoms with Gasteiger partial charge in [0.05, 0.1) is 19.1 Å². The zero-order valence-electron chi connectivity index (χ0n) is 19.3. The minimum Gasteiger partial charge on any atom is -0.494 e. The Hall–Kier alpha value is -4.41. The van der Waals surface area contributed by atoms with Crippen molar-refractivity contribution in [3.8, 4) is 5.75 Å². The van der Waals surface area contributed by atoms with Crippen molar-refractivity contribution >= 4 is 29.7 Å². The van der Waals surface area contributed by atoms with E-state index in [4.69, 9.17) is 15.9 Å². The molecule has 1 aliphatic rings. The number of benzene rings is 2. The van der Waals surface area contributed by atoms with E-state index >= 15 is 0 Å². The average Bonchev–Trinajstić information content (AvgIpc) is 3.03. The van der Waals surface area contributed by atoms with E-state index in [0.717, 1.165) is 4.90 Å². The lowest BCUT2D eigenvalue weighted by atomic mass is 9.91. The first-order valence-electron chi connectivity index (χ1n) is 10.9. The summed E-state index contributed by atoms with van der Waals surface area (Å²) in [6, 6.07) is 11.3. The average molecular weight is 482 g/mol. The molecule has 0 saturated carbocycles. The standard InChI is InChI=1S/C24H27N5O6/c1-3-35-17-10-6-14(7-11-17)18(12-20(31)32)27-19(30)13-29-22(33)24(2,28-23(29)34)16-8-4-15(5-9-16)21(25)26/h4-11,18H,3,12-13H2,1-2H3,(H3,25,26)(H,27,30)(H,28,34)(H,31,32). The summed E-state index contributed by atoms with van der Waals surface area (Å²) in [6.07, 6.45) is -0.389. The fourth-order valence-corrected chi connectivity index (χ4v) is 3.79. The summed E-state index contributed by atoms with van der Waals surface area (Å²) in [7, 11) is 0. The van der Waals surface area contributed by atoms with E-state index in [2.05, 4.69) is 10.6 Å². The highest BCUT2D eigenvalue weighted by atomic mass is 16.5. The molecule has 0 aliphatic carbocycles. The van der Waals surface area contributed by atoms with Crippen molar-refractivity contribution in [1.29, 1.82) is 5.41 Å². The lowest BCUT2D eigenvalue weighted by Gasteiger charge is -2.23. The van der Waals surface area contributed by atoms with E-state index in [1.165, 1.54) is 6.92 Å². The maximum absolute atomic E-state index is 13.1. The number of carbonyl (C=O) groups excluding carboxylic acids is 3. The van der Waals surface area contributed by atoms with Gasteiger partial charge in [-0.25, -0.2) is 4.79 Å². The molecule has 35 heavy (non-hydrogen) atoms. The number of rotatable bonds is 10. The van der Waals surface area contributed by atoms with Crippen molar-refractivity contribution < 1.29 is 29.0 Å². The van der Waals surface area contributed by atoms with Crippen molar-refractivity contribution in [1.82, 2.24) is 15.5 Å². The van der Waals surface area contributed by atoms with Gasteiger partial charge in [-0.1, -0.05) is 36.4 Å². The number of nitrogen functional groups attached to an aromatic ring is 1. The Labute approximate surface area is 201 Å². The fraction of sp³-hybridized carbons (Fsp3) is 0.292. The molecule has 2 unspecified atom stereocenters. The molecule has 6 N–H and O–H groups in total. The molecule has 184 valence electrons. The molecule has 2 aromatic carbocycles. The third-order valence-corrected chi connectivity index (χ3v) is 5.66. The summed E-state index contributed by atoms with van der Waals surface area (Å²) < 4.78 is 5.38. The van der Waals surface area contributed by atoms with Crippen LogP contribution in [0.2, 0.25) is 0 Å². The van der Waals surface area contributed by atoms with Crippen LogP contribution in [-0.4, -0.2) is 52.8 Å². The van der Waals surface area contributed by atoms with Crippen molar-refractivity contribution in [2.75, 3.05) is 13.2 Å². The van der Waals surface area contributed by atoms with Crippen LogP contribution in [0.25, 0.3) is 0 Å². The number of amides is 4. The number of ether oxygens (including phenoxy) is 1. The molecule has 11 nitrogen and oxygen atoms in total. The van der Waals surface area contributed by atoms with Crippen LogP contribution in [-0.2, 0) is 19.9 Å². The van der Waals surface area contributed by atoms with Gasteiger partial charge in [-0.15, -0.1) is 0 Å². The Kier molecular flexibility index (Phi) is 7.38. The molecule has 1 aliphatic heterocycles. The van der Waals surface area contributed by atoms with Crippen molar-refractivity contribution in [3.63, 3.8) is 0 Å². The van der Waals surface area contributed by atoms with Crippen LogP contribution in [0.15, 0.2) is 48.5 Å². The third-order valence-electron chi connectivity index (χ3n) is 5.66. The molecule has 4 amide bonds. The van der Waals surface area contributed by atoms with Crippen LogP contribution in [0, 0.1) is 5.41 Å². The molecule has 0 spiro atoms. The summed E-state index contributed by atoms with van der Waals surface area (Å²) >= 11 is 0. The van der Waals surface area contributed by atoms with Crippen LogP contribution >= 0.6 is 0 Å². The largest absolute Gasteiger partial charge is 0.494 e. The molecular formula is C24H27N5O6. The first-order valence-corrected chi connectivity index (χ1v) is 10.9. The maximum atomic E-state index is 13.1. The van der Waals surface area contributed by atoms with Gasteiger partial charge < -0.3 is 26.2 Å². The Morgan fingerprint density at radius 3 is 2.34 bits per heavy atom. The highest BCUT2D eigenvalue weighted by Gasteiger charge is 2.49. The van der Waals surface area contributed by atoms with Crippen LogP contribution in [0.4, 0.5) is 4.79 Å². The summed E-state index contributed by atoms with van der Waals surface area (Å²) in [5.41, 5.74) is 5.51. The van der Waals surface area contributed by atoms with E-state index in [0.29, 0.717) is 29.0 Å². The van der Waals surface area contributed by atoms with Crippen LogP contribution in [0.1, 0.15) is 43.0 Å². The molecule has 1 heterocycles. The van der Waals surface area contributed by atoms with Gasteiger partial charge in [-0.2, -0.15) is 0 Å². The summed E-state index contributed by atoms with van der Waals surface area (Å²) in [5, 5.41) is 22.0. The number of imide groups is 1. The molecule has 0 aromatic heterocycles. The quantitative estimate of drug-likeness (QED) is 0.194. The third kappa shape index (κ3) is 5.57. The number of hydrogen-bond donors (Lipinski definition) is 5. The summed E-state index contributed by atoms with van der Waals surface area (Å²) in [5.74, 6) is -1.98. The normalized spacial score (nSPS) is 18.1. The highest BCUT2D eigenvalue weighted by molar-refractivity contribution is 6.09. The van der Waals surface area contributed by atoms with Crippen molar-refractivity contribution in [3.05, 3.63) is 65.2 Å².